The van der Waals surface area contributed by atoms with Crippen LogP contribution in [0.1, 0.15) is 58.1 Å². The number of rotatable bonds is 5. The Balaban J connectivity index is 1.45. The first kappa shape index (κ1) is 21.4. The number of aromatic nitrogens is 4. The molecule has 1 fully saturated rings. The Morgan fingerprint density at radius 3 is 2.70 bits per heavy atom. The molecule has 2 N–H and O–H groups in total. The summed E-state index contributed by atoms with van der Waals surface area (Å²) in [5.41, 5.74) is 5.92. The van der Waals surface area contributed by atoms with E-state index in [1.165, 1.54) is 31.4 Å². The Hall–Kier alpha value is -3.42. The van der Waals surface area contributed by atoms with E-state index in [9.17, 15) is 4.79 Å². The SMILES string of the molecule is CC(C)N1c2cc(Nc3nccc(-c4cn[nH]c4C4CCCC4)n3)ccc2N(C)C(=O)[C@H]1C. The number of amides is 1. The average Bonchev–Trinajstić information content (AvgIpc) is 3.49. The van der Waals surface area contributed by atoms with Gasteiger partial charge in [0.05, 0.1) is 23.3 Å². The molecule has 0 bridgehead atoms. The molecule has 5 rings (SSSR count). The van der Waals surface area contributed by atoms with Crippen LogP contribution in [-0.2, 0) is 4.79 Å². The van der Waals surface area contributed by atoms with E-state index in [0.717, 1.165) is 28.3 Å². The van der Waals surface area contributed by atoms with Crippen LogP contribution >= 0.6 is 0 Å². The summed E-state index contributed by atoms with van der Waals surface area (Å²) in [5.74, 6) is 1.17. The molecule has 8 nitrogen and oxygen atoms in total. The molecule has 0 spiro atoms. The van der Waals surface area contributed by atoms with Crippen LogP contribution in [0, 0.1) is 0 Å². The lowest BCUT2D eigenvalue weighted by Crippen LogP contribution is -2.53. The van der Waals surface area contributed by atoms with Gasteiger partial charge in [-0.1, -0.05) is 12.8 Å². The van der Waals surface area contributed by atoms with Gasteiger partial charge in [-0.3, -0.25) is 9.89 Å². The van der Waals surface area contributed by atoms with Crippen LogP contribution in [0.25, 0.3) is 11.3 Å². The maximum absolute atomic E-state index is 12.7. The Labute approximate surface area is 194 Å². The molecule has 1 atom stereocenters. The molecular weight excluding hydrogens is 414 g/mol. The van der Waals surface area contributed by atoms with Gasteiger partial charge in [0.15, 0.2) is 0 Å². The Bertz CT molecular complexity index is 1170. The summed E-state index contributed by atoms with van der Waals surface area (Å²) in [6.45, 7) is 6.18. The third-order valence-corrected chi connectivity index (χ3v) is 6.90. The van der Waals surface area contributed by atoms with Crippen molar-refractivity contribution < 1.29 is 4.79 Å². The summed E-state index contributed by atoms with van der Waals surface area (Å²) in [4.78, 5) is 25.8. The topological polar surface area (TPSA) is 90.0 Å². The van der Waals surface area contributed by atoms with Crippen molar-refractivity contribution in [2.24, 2.45) is 0 Å². The van der Waals surface area contributed by atoms with Gasteiger partial charge in [0.2, 0.25) is 11.9 Å². The van der Waals surface area contributed by atoms with Crippen molar-refractivity contribution in [2.75, 3.05) is 22.2 Å². The fraction of sp³-hybridized carbons (Fsp3) is 0.440. The maximum atomic E-state index is 12.7. The van der Waals surface area contributed by atoms with Crippen LogP contribution in [0.15, 0.2) is 36.7 Å². The maximum Gasteiger partial charge on any atom is 0.249 e. The van der Waals surface area contributed by atoms with E-state index in [0.29, 0.717) is 11.9 Å². The summed E-state index contributed by atoms with van der Waals surface area (Å²) >= 11 is 0. The zero-order chi connectivity index (χ0) is 23.1. The van der Waals surface area contributed by atoms with Gasteiger partial charge < -0.3 is 15.1 Å². The van der Waals surface area contributed by atoms with E-state index in [-0.39, 0.29) is 18.0 Å². The standard InChI is InChI=1S/C25H31N7O/c1-15(2)32-16(3)24(33)31(4)21-10-9-18(13-22(21)32)28-25-26-12-11-20(29-25)19-14-27-30-23(19)17-7-5-6-8-17/h9-17H,5-8H2,1-4H3,(H,27,30)(H,26,28,29)/t16-/m1/s1. The van der Waals surface area contributed by atoms with Crippen molar-refractivity contribution in [1.29, 1.82) is 0 Å². The number of H-pyrrole nitrogens is 1. The minimum Gasteiger partial charge on any atom is -0.356 e. The highest BCUT2D eigenvalue weighted by Crippen LogP contribution is 2.40. The van der Waals surface area contributed by atoms with Gasteiger partial charge in [0, 0.05) is 42.1 Å². The van der Waals surface area contributed by atoms with E-state index in [4.69, 9.17) is 4.98 Å². The lowest BCUT2D eigenvalue weighted by atomic mass is 9.99. The van der Waals surface area contributed by atoms with Crippen LogP contribution in [-0.4, -0.2) is 45.2 Å². The predicted molar refractivity (Wildman–Crippen MR) is 131 cm³/mol. The number of nitrogens with one attached hydrogen (secondary N) is 2. The number of benzene rings is 1. The predicted octanol–water partition coefficient (Wildman–Crippen LogP) is 4.85. The highest BCUT2D eigenvalue weighted by Gasteiger charge is 2.35. The highest BCUT2D eigenvalue weighted by molar-refractivity contribution is 6.05. The van der Waals surface area contributed by atoms with E-state index < -0.39 is 0 Å². The molecule has 1 amide bonds. The lowest BCUT2D eigenvalue weighted by molar-refractivity contribution is -0.119. The second kappa shape index (κ2) is 8.50. The van der Waals surface area contributed by atoms with Gasteiger partial charge >= 0.3 is 0 Å². The monoisotopic (exact) mass is 445 g/mol. The summed E-state index contributed by atoms with van der Waals surface area (Å²) in [7, 11) is 1.84. The van der Waals surface area contributed by atoms with Crippen molar-refractivity contribution in [2.45, 2.75) is 64.5 Å². The van der Waals surface area contributed by atoms with Crippen molar-refractivity contribution in [3.05, 3.63) is 42.4 Å². The molecule has 0 unspecified atom stereocenters. The minimum atomic E-state index is -0.215. The molecule has 1 aromatic carbocycles. The Kier molecular flexibility index (Phi) is 5.52. The molecule has 1 saturated carbocycles. The number of aromatic amines is 1. The largest absolute Gasteiger partial charge is 0.356 e. The normalized spacial score (nSPS) is 18.8. The fourth-order valence-electron chi connectivity index (χ4n) is 5.27. The third kappa shape index (κ3) is 3.83. The summed E-state index contributed by atoms with van der Waals surface area (Å²) < 4.78 is 0. The minimum absolute atomic E-state index is 0.103. The lowest BCUT2D eigenvalue weighted by Gasteiger charge is -2.42. The number of carbonyl (C=O) groups excluding carboxylic acids is 1. The summed E-state index contributed by atoms with van der Waals surface area (Å²) in [6.07, 6.45) is 8.58. The number of carbonyl (C=O) groups is 1. The van der Waals surface area contributed by atoms with Gasteiger partial charge in [-0.25, -0.2) is 9.97 Å². The Morgan fingerprint density at radius 2 is 1.94 bits per heavy atom. The number of anilines is 4. The van der Waals surface area contributed by atoms with Crippen molar-refractivity contribution >= 4 is 28.9 Å². The summed E-state index contributed by atoms with van der Waals surface area (Å²) in [5, 5.41) is 10.9. The molecule has 1 aliphatic carbocycles. The van der Waals surface area contributed by atoms with Gasteiger partial charge in [-0.2, -0.15) is 5.10 Å². The summed E-state index contributed by atoms with van der Waals surface area (Å²) in [6, 6.07) is 7.94. The van der Waals surface area contributed by atoms with Gasteiger partial charge in [-0.05, 0) is 57.9 Å². The fourth-order valence-corrected chi connectivity index (χ4v) is 5.27. The molecule has 3 aromatic rings. The van der Waals surface area contributed by atoms with Crippen molar-refractivity contribution in [3.63, 3.8) is 0 Å². The molecule has 2 aromatic heterocycles. The zero-order valence-electron chi connectivity index (χ0n) is 19.7. The third-order valence-electron chi connectivity index (χ3n) is 6.90. The molecular formula is C25H31N7O. The van der Waals surface area contributed by atoms with Crippen molar-refractivity contribution in [1.82, 2.24) is 20.2 Å². The molecule has 0 saturated heterocycles. The van der Waals surface area contributed by atoms with Crippen LogP contribution in [0.5, 0.6) is 0 Å². The van der Waals surface area contributed by atoms with E-state index in [1.54, 1.807) is 11.1 Å². The van der Waals surface area contributed by atoms with Crippen LogP contribution in [0.4, 0.5) is 23.0 Å². The highest BCUT2D eigenvalue weighted by atomic mass is 16.2. The van der Waals surface area contributed by atoms with Gasteiger partial charge in [-0.15, -0.1) is 0 Å². The molecule has 33 heavy (non-hydrogen) atoms. The molecule has 8 heteroatoms. The second-order valence-electron chi connectivity index (χ2n) is 9.35. The number of hydrogen-bond acceptors (Lipinski definition) is 6. The quantitative estimate of drug-likeness (QED) is 0.584. The zero-order valence-corrected chi connectivity index (χ0v) is 19.7. The Morgan fingerprint density at radius 1 is 1.15 bits per heavy atom. The smallest absolute Gasteiger partial charge is 0.249 e. The van der Waals surface area contributed by atoms with Crippen LogP contribution in [0.3, 0.4) is 0 Å². The number of likely N-dealkylation sites (N-methyl/N-ethyl adjacent to an activating group) is 1. The van der Waals surface area contributed by atoms with E-state index in [1.807, 2.05) is 38.4 Å². The number of hydrogen-bond donors (Lipinski definition) is 2. The van der Waals surface area contributed by atoms with Crippen LogP contribution in [0.2, 0.25) is 0 Å². The molecule has 172 valence electrons. The van der Waals surface area contributed by atoms with Gasteiger partial charge in [0.1, 0.15) is 6.04 Å². The van der Waals surface area contributed by atoms with E-state index in [2.05, 4.69) is 45.3 Å². The van der Waals surface area contributed by atoms with E-state index >= 15 is 0 Å². The first-order chi connectivity index (χ1) is 15.9. The molecule has 0 radical (unpaired) electrons. The van der Waals surface area contributed by atoms with Crippen LogP contribution < -0.4 is 15.1 Å². The average molecular weight is 446 g/mol. The van der Waals surface area contributed by atoms with Crippen molar-refractivity contribution in [3.8, 4) is 11.3 Å². The second-order valence-corrected chi connectivity index (χ2v) is 9.35. The molecule has 2 aliphatic rings. The number of nitrogens with zero attached hydrogens (tertiary/aromatic N) is 5. The van der Waals surface area contributed by atoms with Gasteiger partial charge in [0.25, 0.3) is 0 Å². The first-order valence-electron chi connectivity index (χ1n) is 11.8. The first-order valence-corrected chi connectivity index (χ1v) is 11.8. The molecule has 1 aliphatic heterocycles. The number of fused-ring (bicyclic) bond motifs is 1. The molecule has 3 heterocycles.